The summed E-state index contributed by atoms with van der Waals surface area (Å²) in [5.74, 6) is 0.676. The van der Waals surface area contributed by atoms with E-state index in [4.69, 9.17) is 14.2 Å². The number of carbonyl (C=O) groups excluding carboxylic acids is 2. The second kappa shape index (κ2) is 10.8. The topological polar surface area (TPSA) is 83.6 Å². The summed E-state index contributed by atoms with van der Waals surface area (Å²) in [5, 5.41) is 2.93. The van der Waals surface area contributed by atoms with E-state index in [9.17, 15) is 9.59 Å². The molecule has 3 aliphatic heterocycles. The Kier molecular flexibility index (Phi) is 7.29. The van der Waals surface area contributed by atoms with Gasteiger partial charge in [0.15, 0.2) is 17.6 Å². The number of fused-ring (bicyclic) bond motifs is 1. The van der Waals surface area contributed by atoms with Gasteiger partial charge < -0.3 is 34.2 Å². The van der Waals surface area contributed by atoms with Crippen LogP contribution in [0.4, 0.5) is 17.1 Å². The quantitative estimate of drug-likeness (QED) is 0.656. The number of ether oxygens (including phenoxy) is 3. The van der Waals surface area contributed by atoms with E-state index in [0.29, 0.717) is 29.4 Å². The van der Waals surface area contributed by atoms with Crippen molar-refractivity contribution >= 4 is 28.8 Å². The number of ketones is 1. The minimum absolute atomic E-state index is 0.0115. The van der Waals surface area contributed by atoms with Crippen LogP contribution in [0.3, 0.4) is 0 Å². The van der Waals surface area contributed by atoms with E-state index >= 15 is 0 Å². The van der Waals surface area contributed by atoms with Crippen LogP contribution >= 0.6 is 0 Å². The van der Waals surface area contributed by atoms with Crippen LogP contribution < -0.4 is 24.6 Å². The lowest BCUT2D eigenvalue weighted by molar-refractivity contribution is -0.122. The van der Waals surface area contributed by atoms with Crippen molar-refractivity contribution in [2.45, 2.75) is 19.4 Å². The number of piperazine rings is 1. The SMILES string of the molecule is CCOc1cc2c(c(N3CCN(C)CC3)c1)OC(C(=O)Nc1ccc(N3CCOCC3)cc1)CC2=O. The summed E-state index contributed by atoms with van der Waals surface area (Å²) < 4.78 is 17.4. The Hall–Kier alpha value is -3.30. The van der Waals surface area contributed by atoms with E-state index in [1.54, 1.807) is 6.07 Å². The molecule has 2 fully saturated rings. The van der Waals surface area contributed by atoms with Gasteiger partial charge >= 0.3 is 0 Å². The molecule has 36 heavy (non-hydrogen) atoms. The summed E-state index contributed by atoms with van der Waals surface area (Å²) >= 11 is 0. The molecule has 0 spiro atoms. The van der Waals surface area contributed by atoms with Gasteiger partial charge in [0.05, 0.1) is 37.5 Å². The fourth-order valence-electron chi connectivity index (χ4n) is 4.86. The maximum absolute atomic E-state index is 13.2. The van der Waals surface area contributed by atoms with Crippen molar-refractivity contribution in [3.8, 4) is 11.5 Å². The van der Waals surface area contributed by atoms with Crippen LogP contribution in [0.5, 0.6) is 11.5 Å². The maximum atomic E-state index is 13.2. The molecule has 1 amide bonds. The second-order valence-electron chi connectivity index (χ2n) is 9.41. The van der Waals surface area contributed by atoms with Gasteiger partial charge in [-0.3, -0.25) is 9.59 Å². The van der Waals surface area contributed by atoms with Crippen LogP contribution in [0.2, 0.25) is 0 Å². The minimum Gasteiger partial charge on any atom is -0.494 e. The summed E-state index contributed by atoms with van der Waals surface area (Å²) in [6.07, 6.45) is -0.907. The summed E-state index contributed by atoms with van der Waals surface area (Å²) in [5.41, 5.74) is 3.06. The number of likely N-dealkylation sites (N-methyl/N-ethyl adjacent to an activating group) is 1. The number of benzene rings is 2. The van der Waals surface area contributed by atoms with Crippen LogP contribution in [0.1, 0.15) is 23.7 Å². The van der Waals surface area contributed by atoms with Crippen molar-refractivity contribution in [1.29, 1.82) is 0 Å². The molecular formula is C27H34N4O5. The van der Waals surface area contributed by atoms with E-state index in [1.165, 1.54) is 0 Å². The van der Waals surface area contributed by atoms with Gasteiger partial charge in [-0.2, -0.15) is 0 Å². The Morgan fingerprint density at radius 3 is 2.44 bits per heavy atom. The van der Waals surface area contributed by atoms with Gasteiger partial charge in [0.2, 0.25) is 0 Å². The highest BCUT2D eigenvalue weighted by molar-refractivity contribution is 6.07. The Labute approximate surface area is 211 Å². The van der Waals surface area contributed by atoms with Crippen LogP contribution in [0, 0.1) is 0 Å². The molecule has 9 heteroatoms. The molecule has 3 heterocycles. The van der Waals surface area contributed by atoms with Crippen molar-refractivity contribution in [3.63, 3.8) is 0 Å². The molecule has 5 rings (SSSR count). The zero-order valence-corrected chi connectivity index (χ0v) is 21.0. The molecule has 0 bridgehead atoms. The average molecular weight is 495 g/mol. The Balaban J connectivity index is 1.33. The Morgan fingerprint density at radius 1 is 1.03 bits per heavy atom. The number of amides is 1. The lowest BCUT2D eigenvalue weighted by Crippen LogP contribution is -2.45. The number of morpholine rings is 1. The third-order valence-corrected chi connectivity index (χ3v) is 6.93. The molecular weight excluding hydrogens is 460 g/mol. The molecule has 0 aromatic heterocycles. The average Bonchev–Trinajstić information content (AvgIpc) is 2.90. The van der Waals surface area contributed by atoms with E-state index in [-0.39, 0.29) is 18.1 Å². The number of rotatable bonds is 6. The standard InChI is InChI=1S/C27H34N4O5/c1-3-35-21-16-22-24(32)18-25(36-26(22)23(17-21)31-10-8-29(2)9-11-31)27(33)28-19-4-6-20(7-5-19)30-12-14-34-15-13-30/h4-7,16-17,25H,3,8-15,18H2,1-2H3,(H,28,33). The van der Waals surface area contributed by atoms with Gasteiger partial charge in [-0.25, -0.2) is 0 Å². The maximum Gasteiger partial charge on any atom is 0.265 e. The van der Waals surface area contributed by atoms with Crippen LogP contribution in [0.25, 0.3) is 0 Å². The molecule has 1 atom stereocenters. The minimum atomic E-state index is -0.895. The molecule has 0 saturated carbocycles. The van der Waals surface area contributed by atoms with Crippen LogP contribution in [0.15, 0.2) is 36.4 Å². The summed E-state index contributed by atoms with van der Waals surface area (Å²) in [6, 6.07) is 11.4. The first-order valence-corrected chi connectivity index (χ1v) is 12.7. The van der Waals surface area contributed by atoms with Gasteiger partial charge in [-0.05, 0) is 44.3 Å². The van der Waals surface area contributed by atoms with E-state index in [0.717, 1.165) is 63.9 Å². The molecule has 2 saturated heterocycles. The normalized spacial score (nSPS) is 20.5. The van der Waals surface area contributed by atoms with Crippen molar-refractivity contribution in [1.82, 2.24) is 4.90 Å². The molecule has 1 N–H and O–H groups in total. The zero-order chi connectivity index (χ0) is 25.1. The van der Waals surface area contributed by atoms with Crippen LogP contribution in [-0.2, 0) is 9.53 Å². The zero-order valence-electron chi connectivity index (χ0n) is 21.0. The molecule has 0 radical (unpaired) electrons. The fraction of sp³-hybridized carbons (Fsp3) is 0.481. The largest absolute Gasteiger partial charge is 0.494 e. The predicted octanol–water partition coefficient (Wildman–Crippen LogP) is 2.65. The first kappa shape index (κ1) is 24.4. The van der Waals surface area contributed by atoms with Crippen molar-refractivity contribution in [2.24, 2.45) is 0 Å². The van der Waals surface area contributed by atoms with Crippen molar-refractivity contribution < 1.29 is 23.8 Å². The number of hydrogen-bond acceptors (Lipinski definition) is 8. The molecule has 2 aromatic rings. The third kappa shape index (κ3) is 5.27. The fourth-order valence-corrected chi connectivity index (χ4v) is 4.86. The predicted molar refractivity (Wildman–Crippen MR) is 139 cm³/mol. The number of Topliss-reactive ketones (excluding diaryl/α,β-unsaturated/α-hetero) is 1. The molecule has 0 aliphatic carbocycles. The van der Waals surface area contributed by atoms with Gasteiger partial charge in [0.25, 0.3) is 5.91 Å². The summed E-state index contributed by atoms with van der Waals surface area (Å²) in [7, 11) is 2.09. The summed E-state index contributed by atoms with van der Waals surface area (Å²) in [4.78, 5) is 33.0. The summed E-state index contributed by atoms with van der Waals surface area (Å²) in [6.45, 7) is 8.99. The second-order valence-corrected chi connectivity index (χ2v) is 9.41. The highest BCUT2D eigenvalue weighted by atomic mass is 16.5. The Bertz CT molecular complexity index is 1090. The van der Waals surface area contributed by atoms with E-state index < -0.39 is 6.10 Å². The van der Waals surface area contributed by atoms with E-state index in [2.05, 4.69) is 27.1 Å². The van der Waals surface area contributed by atoms with Gasteiger partial charge in [-0.1, -0.05) is 0 Å². The smallest absolute Gasteiger partial charge is 0.265 e. The van der Waals surface area contributed by atoms with Crippen molar-refractivity contribution in [2.75, 3.05) is 81.3 Å². The molecule has 192 valence electrons. The highest BCUT2D eigenvalue weighted by Crippen LogP contribution is 2.41. The number of nitrogens with one attached hydrogen (secondary N) is 1. The third-order valence-electron chi connectivity index (χ3n) is 6.93. The number of nitrogens with zero attached hydrogens (tertiary/aromatic N) is 3. The number of hydrogen-bond donors (Lipinski definition) is 1. The van der Waals surface area contributed by atoms with Crippen molar-refractivity contribution in [3.05, 3.63) is 42.0 Å². The molecule has 1 unspecified atom stereocenters. The number of anilines is 3. The molecule has 9 nitrogen and oxygen atoms in total. The monoisotopic (exact) mass is 494 g/mol. The Morgan fingerprint density at radius 2 is 1.75 bits per heavy atom. The lowest BCUT2D eigenvalue weighted by atomic mass is 9.98. The van der Waals surface area contributed by atoms with E-state index in [1.807, 2.05) is 37.3 Å². The first-order valence-electron chi connectivity index (χ1n) is 12.7. The van der Waals surface area contributed by atoms with Gasteiger partial charge in [0, 0.05) is 56.7 Å². The van der Waals surface area contributed by atoms with Crippen LogP contribution in [-0.4, -0.2) is 88.8 Å². The lowest BCUT2D eigenvalue weighted by Gasteiger charge is -2.37. The molecule has 3 aliphatic rings. The van der Waals surface area contributed by atoms with Gasteiger partial charge in [-0.15, -0.1) is 0 Å². The number of carbonyl (C=O) groups is 2. The highest BCUT2D eigenvalue weighted by Gasteiger charge is 2.35. The van der Waals surface area contributed by atoms with Gasteiger partial charge in [0.1, 0.15) is 5.75 Å². The molecule has 2 aromatic carbocycles. The first-order chi connectivity index (χ1) is 17.5.